The third kappa shape index (κ3) is 13.9. The Kier molecular flexibility index (Phi) is 10.6. The zero-order valence-corrected chi connectivity index (χ0v) is 12.3. The minimum Gasteiger partial charge on any atom is -0.810 e. The Morgan fingerprint density at radius 3 is 1.78 bits per heavy atom. The van der Waals surface area contributed by atoms with Crippen molar-refractivity contribution in [1.29, 1.82) is 0 Å². The van der Waals surface area contributed by atoms with Gasteiger partial charge in [0, 0.05) is 12.6 Å². The zero-order valence-electron chi connectivity index (χ0n) is 11.4. The average molecular weight is 276 g/mol. The second-order valence-electron chi connectivity index (χ2n) is 4.89. The van der Waals surface area contributed by atoms with Crippen LogP contribution in [0.1, 0.15) is 71.1 Å². The molecule has 0 aliphatic rings. The van der Waals surface area contributed by atoms with Crippen LogP contribution in [-0.2, 0) is 9.36 Å². The quantitative estimate of drug-likeness (QED) is 0.405. The van der Waals surface area contributed by atoms with E-state index in [0.717, 1.165) is 12.8 Å². The van der Waals surface area contributed by atoms with Gasteiger partial charge in [-0.25, -0.2) is 0 Å². The Labute approximate surface area is 110 Å². The number of unbranched alkanes of at least 4 members (excludes halogenated alkanes) is 8. The largest absolute Gasteiger partial charge is 0.810 e. The molecule has 0 N–H and O–H groups in total. The Balaban J connectivity index is 3.25. The van der Waals surface area contributed by atoms with Crippen LogP contribution in [0, 0.1) is 0 Å². The lowest BCUT2D eigenvalue weighted by Crippen LogP contribution is -2.21. The van der Waals surface area contributed by atoms with Crippen molar-refractivity contribution < 1.29 is 19.1 Å². The first-order chi connectivity index (χ1) is 8.45. The molecule has 0 aromatic carbocycles. The van der Waals surface area contributed by atoms with Gasteiger partial charge in [0.2, 0.25) is 0 Å². The van der Waals surface area contributed by atoms with Crippen molar-refractivity contribution in [2.45, 2.75) is 71.1 Å². The van der Waals surface area contributed by atoms with Crippen LogP contribution in [-0.4, -0.2) is 11.9 Å². The maximum Gasteiger partial charge on any atom is 0.137 e. The standard InChI is InChI=1S/C13H27O4P/c1-2-3-4-5-6-7-8-9-10-11-13(14)12-18(15,16)17/h2-12H2,1H3,(H2,15,16,17)/p-2. The Bertz CT molecular complexity index is 260. The van der Waals surface area contributed by atoms with E-state index < -0.39 is 19.5 Å². The summed E-state index contributed by atoms with van der Waals surface area (Å²) in [6.07, 6.45) is 9.71. The van der Waals surface area contributed by atoms with Gasteiger partial charge in [-0.15, -0.1) is 0 Å². The van der Waals surface area contributed by atoms with E-state index >= 15 is 0 Å². The van der Waals surface area contributed by atoms with Crippen molar-refractivity contribution in [3.05, 3.63) is 0 Å². The first kappa shape index (κ1) is 17.8. The van der Waals surface area contributed by atoms with Gasteiger partial charge in [0.15, 0.2) is 0 Å². The lowest BCUT2D eigenvalue weighted by molar-refractivity contribution is -0.312. The molecule has 0 fully saturated rings. The van der Waals surface area contributed by atoms with Crippen LogP contribution in [0.15, 0.2) is 0 Å². The molecule has 0 aromatic heterocycles. The molecule has 108 valence electrons. The highest BCUT2D eigenvalue weighted by Gasteiger charge is 2.03. The van der Waals surface area contributed by atoms with Crippen LogP contribution in [0.3, 0.4) is 0 Å². The van der Waals surface area contributed by atoms with E-state index in [1.54, 1.807) is 0 Å². The van der Waals surface area contributed by atoms with Gasteiger partial charge in [-0.2, -0.15) is 0 Å². The molecular weight excluding hydrogens is 251 g/mol. The van der Waals surface area contributed by atoms with Crippen LogP contribution < -0.4 is 9.79 Å². The monoisotopic (exact) mass is 276 g/mol. The van der Waals surface area contributed by atoms with Gasteiger partial charge in [0.25, 0.3) is 0 Å². The van der Waals surface area contributed by atoms with Crippen LogP contribution in [0.4, 0.5) is 0 Å². The minimum absolute atomic E-state index is 0.226. The lowest BCUT2D eigenvalue weighted by Gasteiger charge is -2.28. The molecule has 0 aliphatic carbocycles. The third-order valence-corrected chi connectivity index (χ3v) is 3.67. The summed E-state index contributed by atoms with van der Waals surface area (Å²) in [5.74, 6) is -0.439. The predicted octanol–water partition coefficient (Wildman–Crippen LogP) is 2.39. The minimum atomic E-state index is -4.65. The molecule has 0 spiro atoms. The van der Waals surface area contributed by atoms with E-state index in [1.807, 2.05) is 0 Å². The summed E-state index contributed by atoms with van der Waals surface area (Å²) >= 11 is 0. The SMILES string of the molecule is CCCCCCCCCCCC(=O)CP(=O)([O-])[O-]. The van der Waals surface area contributed by atoms with Gasteiger partial charge < -0.3 is 14.4 Å². The smallest absolute Gasteiger partial charge is 0.137 e. The second-order valence-corrected chi connectivity index (χ2v) is 6.42. The van der Waals surface area contributed by atoms with Crippen molar-refractivity contribution in [2.75, 3.05) is 6.16 Å². The molecule has 0 heterocycles. The number of carbonyl (C=O) groups excluding carboxylic acids is 1. The molecular formula is C13H25O4P-2. The highest BCUT2D eigenvalue weighted by molar-refractivity contribution is 7.49. The summed E-state index contributed by atoms with van der Waals surface area (Å²) in [6, 6.07) is 0. The summed E-state index contributed by atoms with van der Waals surface area (Å²) in [7, 11) is -4.65. The molecule has 4 nitrogen and oxygen atoms in total. The van der Waals surface area contributed by atoms with E-state index in [1.165, 1.54) is 38.5 Å². The number of ketones is 1. The predicted molar refractivity (Wildman–Crippen MR) is 69.3 cm³/mol. The Morgan fingerprint density at radius 2 is 1.33 bits per heavy atom. The molecule has 18 heavy (non-hydrogen) atoms. The van der Waals surface area contributed by atoms with E-state index in [-0.39, 0.29) is 6.42 Å². The Hall–Kier alpha value is -0.180. The van der Waals surface area contributed by atoms with E-state index in [2.05, 4.69) is 6.92 Å². The number of carbonyl (C=O) groups is 1. The van der Waals surface area contributed by atoms with Crippen molar-refractivity contribution in [3.63, 3.8) is 0 Å². The first-order valence-corrected chi connectivity index (χ1v) is 8.71. The van der Waals surface area contributed by atoms with E-state index in [9.17, 15) is 19.1 Å². The number of rotatable bonds is 12. The topological polar surface area (TPSA) is 80.3 Å². The summed E-state index contributed by atoms with van der Waals surface area (Å²) in [4.78, 5) is 31.8. The summed E-state index contributed by atoms with van der Waals surface area (Å²) in [6.45, 7) is 2.19. The second kappa shape index (κ2) is 10.7. The average Bonchev–Trinajstić information content (AvgIpc) is 2.24. The highest BCUT2D eigenvalue weighted by Crippen LogP contribution is 2.23. The van der Waals surface area contributed by atoms with E-state index in [0.29, 0.717) is 6.42 Å². The number of Topliss-reactive ketones (excluding diaryl/α,β-unsaturated/α-hetero) is 1. The van der Waals surface area contributed by atoms with Gasteiger partial charge in [0.1, 0.15) is 5.78 Å². The lowest BCUT2D eigenvalue weighted by atomic mass is 10.1. The Morgan fingerprint density at radius 1 is 0.889 bits per heavy atom. The maximum absolute atomic E-state index is 11.1. The molecule has 0 rings (SSSR count). The van der Waals surface area contributed by atoms with Crippen LogP contribution in [0.5, 0.6) is 0 Å². The van der Waals surface area contributed by atoms with Crippen LogP contribution >= 0.6 is 7.60 Å². The van der Waals surface area contributed by atoms with Crippen molar-refractivity contribution >= 4 is 13.4 Å². The van der Waals surface area contributed by atoms with Gasteiger partial charge >= 0.3 is 0 Å². The van der Waals surface area contributed by atoms with Crippen molar-refractivity contribution in [3.8, 4) is 0 Å². The van der Waals surface area contributed by atoms with Gasteiger partial charge in [0.05, 0.1) is 0 Å². The number of hydrogen-bond acceptors (Lipinski definition) is 4. The molecule has 0 saturated carbocycles. The van der Waals surface area contributed by atoms with Gasteiger partial charge in [-0.3, -0.25) is 4.79 Å². The molecule has 0 amide bonds. The van der Waals surface area contributed by atoms with E-state index in [4.69, 9.17) is 0 Å². The molecule has 0 unspecified atom stereocenters. The molecule has 0 saturated heterocycles. The molecule has 0 aliphatic heterocycles. The van der Waals surface area contributed by atoms with Crippen LogP contribution in [0.2, 0.25) is 0 Å². The third-order valence-electron chi connectivity index (χ3n) is 2.93. The van der Waals surface area contributed by atoms with Gasteiger partial charge in [-0.1, -0.05) is 65.9 Å². The van der Waals surface area contributed by atoms with Gasteiger partial charge in [-0.05, 0) is 6.42 Å². The fourth-order valence-electron chi connectivity index (χ4n) is 1.93. The molecule has 0 radical (unpaired) electrons. The summed E-state index contributed by atoms with van der Waals surface area (Å²) in [5.41, 5.74) is 0. The molecule has 5 heteroatoms. The zero-order chi connectivity index (χ0) is 13.9. The number of hydrogen-bond donors (Lipinski definition) is 0. The molecule has 0 atom stereocenters. The fraction of sp³-hybridized carbons (Fsp3) is 0.923. The van der Waals surface area contributed by atoms with Crippen molar-refractivity contribution in [2.24, 2.45) is 0 Å². The van der Waals surface area contributed by atoms with Crippen LogP contribution in [0.25, 0.3) is 0 Å². The maximum atomic E-state index is 11.1. The molecule has 0 bridgehead atoms. The molecule has 0 aromatic rings. The fourth-order valence-corrected chi connectivity index (χ4v) is 2.52. The normalized spacial score (nSPS) is 11.7. The summed E-state index contributed by atoms with van der Waals surface area (Å²) in [5, 5.41) is 0. The summed E-state index contributed by atoms with van der Waals surface area (Å²) < 4.78 is 10.4. The first-order valence-electron chi connectivity index (χ1n) is 6.98. The highest BCUT2D eigenvalue weighted by atomic mass is 31.2. The van der Waals surface area contributed by atoms with Crippen molar-refractivity contribution in [1.82, 2.24) is 0 Å².